The van der Waals surface area contributed by atoms with Gasteiger partial charge in [-0.3, -0.25) is 14.4 Å². The number of ketones is 2. The Labute approximate surface area is 88.6 Å². The lowest BCUT2D eigenvalue weighted by atomic mass is 10.1. The quantitative estimate of drug-likeness (QED) is 0.653. The van der Waals surface area contributed by atoms with Crippen molar-refractivity contribution < 1.29 is 14.4 Å². The number of thioether (sulfide) groups is 1. The monoisotopic (exact) mass is 216 g/mol. The van der Waals surface area contributed by atoms with Gasteiger partial charge in [0.05, 0.1) is 0 Å². The van der Waals surface area contributed by atoms with E-state index in [1.807, 2.05) is 0 Å². The standard InChI is InChI=1S/C10H16O3S/c1-3-9(12)4-5-10(13)6-7-14-8(2)11/h3-7H2,1-2H3. The molecule has 0 bridgehead atoms. The van der Waals surface area contributed by atoms with Gasteiger partial charge in [0, 0.05) is 38.4 Å². The summed E-state index contributed by atoms with van der Waals surface area (Å²) in [7, 11) is 0. The van der Waals surface area contributed by atoms with Gasteiger partial charge in [-0.25, -0.2) is 0 Å². The Morgan fingerprint density at radius 1 is 1.00 bits per heavy atom. The summed E-state index contributed by atoms with van der Waals surface area (Å²) in [5.74, 6) is 0.729. The lowest BCUT2D eigenvalue weighted by molar-refractivity contribution is -0.123. The first-order valence-corrected chi connectivity index (χ1v) is 5.71. The van der Waals surface area contributed by atoms with E-state index in [0.717, 1.165) is 11.8 Å². The topological polar surface area (TPSA) is 51.2 Å². The molecule has 0 saturated carbocycles. The third kappa shape index (κ3) is 7.98. The fourth-order valence-corrected chi connectivity index (χ4v) is 1.51. The third-order valence-corrected chi connectivity index (χ3v) is 2.58. The Balaban J connectivity index is 3.46. The van der Waals surface area contributed by atoms with Gasteiger partial charge in [0.1, 0.15) is 11.6 Å². The second-order valence-electron chi connectivity index (χ2n) is 3.02. The van der Waals surface area contributed by atoms with Crippen molar-refractivity contribution in [3.05, 3.63) is 0 Å². The van der Waals surface area contributed by atoms with Crippen LogP contribution in [-0.4, -0.2) is 22.4 Å². The number of hydrogen-bond acceptors (Lipinski definition) is 4. The molecule has 0 aliphatic carbocycles. The summed E-state index contributed by atoms with van der Waals surface area (Å²) in [6.07, 6.45) is 1.56. The third-order valence-electron chi connectivity index (χ3n) is 1.76. The van der Waals surface area contributed by atoms with E-state index in [4.69, 9.17) is 0 Å². The summed E-state index contributed by atoms with van der Waals surface area (Å²) >= 11 is 1.15. The molecule has 4 heteroatoms. The van der Waals surface area contributed by atoms with Gasteiger partial charge in [-0.15, -0.1) is 0 Å². The van der Waals surface area contributed by atoms with Crippen molar-refractivity contribution in [1.82, 2.24) is 0 Å². The average Bonchev–Trinajstić information content (AvgIpc) is 2.13. The zero-order valence-corrected chi connectivity index (χ0v) is 9.49. The van der Waals surface area contributed by atoms with Gasteiger partial charge in [-0.2, -0.15) is 0 Å². The van der Waals surface area contributed by atoms with Crippen molar-refractivity contribution in [2.24, 2.45) is 0 Å². The number of hydrogen-bond donors (Lipinski definition) is 0. The minimum Gasteiger partial charge on any atom is -0.300 e. The van der Waals surface area contributed by atoms with Crippen LogP contribution in [0.25, 0.3) is 0 Å². The van der Waals surface area contributed by atoms with Crippen LogP contribution in [0.4, 0.5) is 0 Å². The van der Waals surface area contributed by atoms with Crippen LogP contribution < -0.4 is 0 Å². The minimum absolute atomic E-state index is 0.0300. The predicted molar refractivity (Wildman–Crippen MR) is 57.3 cm³/mol. The van der Waals surface area contributed by atoms with Crippen LogP contribution in [0.15, 0.2) is 0 Å². The van der Waals surface area contributed by atoms with E-state index < -0.39 is 0 Å². The molecule has 3 nitrogen and oxygen atoms in total. The molecule has 14 heavy (non-hydrogen) atoms. The Kier molecular flexibility index (Phi) is 7.38. The fourth-order valence-electron chi connectivity index (χ4n) is 0.889. The van der Waals surface area contributed by atoms with Crippen LogP contribution in [0.2, 0.25) is 0 Å². The predicted octanol–water partition coefficient (Wildman–Crippen LogP) is 1.98. The van der Waals surface area contributed by atoms with E-state index in [-0.39, 0.29) is 16.7 Å². The van der Waals surface area contributed by atoms with Gasteiger partial charge in [0.25, 0.3) is 0 Å². The molecule has 0 unspecified atom stereocenters. The normalized spacial score (nSPS) is 9.86. The summed E-state index contributed by atoms with van der Waals surface area (Å²) in [6, 6.07) is 0. The number of carbonyl (C=O) groups is 3. The van der Waals surface area contributed by atoms with Crippen molar-refractivity contribution in [2.45, 2.75) is 39.5 Å². The molecule has 0 aliphatic rings. The Hall–Kier alpha value is -0.640. The Morgan fingerprint density at radius 2 is 1.57 bits per heavy atom. The molecule has 0 amide bonds. The number of Topliss-reactive ketones (excluding diaryl/α,β-unsaturated/α-hetero) is 2. The maximum absolute atomic E-state index is 11.2. The highest BCUT2D eigenvalue weighted by atomic mass is 32.2. The van der Waals surface area contributed by atoms with E-state index in [1.54, 1.807) is 6.92 Å². The molecule has 0 saturated heterocycles. The first kappa shape index (κ1) is 13.4. The average molecular weight is 216 g/mol. The second-order valence-corrected chi connectivity index (χ2v) is 4.29. The van der Waals surface area contributed by atoms with Crippen LogP contribution >= 0.6 is 11.8 Å². The van der Waals surface area contributed by atoms with Gasteiger partial charge in [-0.1, -0.05) is 18.7 Å². The highest BCUT2D eigenvalue weighted by Gasteiger charge is 2.06. The molecule has 0 rings (SSSR count). The molecule has 80 valence electrons. The summed E-state index contributed by atoms with van der Waals surface area (Å²) in [5, 5.41) is 0.0300. The molecule has 0 atom stereocenters. The SMILES string of the molecule is CCC(=O)CCC(=O)CCSC(C)=O. The summed E-state index contributed by atoms with van der Waals surface area (Å²) in [4.78, 5) is 32.6. The minimum atomic E-state index is 0.0300. The Morgan fingerprint density at radius 3 is 2.07 bits per heavy atom. The van der Waals surface area contributed by atoms with E-state index in [2.05, 4.69) is 0 Å². The highest BCUT2D eigenvalue weighted by molar-refractivity contribution is 8.13. The largest absolute Gasteiger partial charge is 0.300 e. The summed E-state index contributed by atoms with van der Waals surface area (Å²) in [5.41, 5.74) is 0. The molecule has 0 aliphatic heterocycles. The van der Waals surface area contributed by atoms with Crippen molar-refractivity contribution in [1.29, 1.82) is 0 Å². The first-order valence-electron chi connectivity index (χ1n) is 4.73. The molecule has 0 aromatic carbocycles. The van der Waals surface area contributed by atoms with E-state index in [9.17, 15) is 14.4 Å². The van der Waals surface area contributed by atoms with E-state index in [1.165, 1.54) is 6.92 Å². The molecule has 0 radical (unpaired) electrons. The van der Waals surface area contributed by atoms with Crippen LogP contribution in [0.3, 0.4) is 0 Å². The van der Waals surface area contributed by atoms with E-state index in [0.29, 0.717) is 31.4 Å². The van der Waals surface area contributed by atoms with Crippen molar-refractivity contribution >= 4 is 28.4 Å². The number of carbonyl (C=O) groups excluding carboxylic acids is 3. The molecular weight excluding hydrogens is 200 g/mol. The lowest BCUT2D eigenvalue weighted by Gasteiger charge is -1.98. The van der Waals surface area contributed by atoms with Gasteiger partial charge in [0.15, 0.2) is 5.12 Å². The van der Waals surface area contributed by atoms with E-state index >= 15 is 0 Å². The molecule has 0 spiro atoms. The molecule has 0 N–H and O–H groups in total. The van der Waals surface area contributed by atoms with Crippen LogP contribution in [0.1, 0.15) is 39.5 Å². The van der Waals surface area contributed by atoms with Crippen molar-refractivity contribution in [3.63, 3.8) is 0 Å². The molecule has 0 heterocycles. The summed E-state index contributed by atoms with van der Waals surface area (Å²) in [6.45, 7) is 3.27. The molecule has 0 fully saturated rings. The maximum atomic E-state index is 11.2. The zero-order chi connectivity index (χ0) is 11.0. The van der Waals surface area contributed by atoms with Crippen molar-refractivity contribution in [3.8, 4) is 0 Å². The zero-order valence-electron chi connectivity index (χ0n) is 8.67. The van der Waals surface area contributed by atoms with Gasteiger partial charge in [0.2, 0.25) is 0 Å². The van der Waals surface area contributed by atoms with Crippen LogP contribution in [0, 0.1) is 0 Å². The smallest absolute Gasteiger partial charge is 0.185 e. The molecule has 0 aromatic rings. The molecule has 0 aromatic heterocycles. The number of rotatable bonds is 7. The lowest BCUT2D eigenvalue weighted by Crippen LogP contribution is -2.04. The van der Waals surface area contributed by atoms with Crippen LogP contribution in [0.5, 0.6) is 0 Å². The highest BCUT2D eigenvalue weighted by Crippen LogP contribution is 2.06. The Bertz CT molecular complexity index is 223. The second kappa shape index (κ2) is 7.74. The van der Waals surface area contributed by atoms with Gasteiger partial charge < -0.3 is 0 Å². The van der Waals surface area contributed by atoms with Gasteiger partial charge >= 0.3 is 0 Å². The van der Waals surface area contributed by atoms with Crippen molar-refractivity contribution in [2.75, 3.05) is 5.75 Å². The first-order chi connectivity index (χ1) is 6.56. The van der Waals surface area contributed by atoms with Gasteiger partial charge in [-0.05, 0) is 0 Å². The molecular formula is C10H16O3S. The summed E-state index contributed by atoms with van der Waals surface area (Å²) < 4.78 is 0. The maximum Gasteiger partial charge on any atom is 0.185 e. The van der Waals surface area contributed by atoms with Crippen LogP contribution in [-0.2, 0) is 14.4 Å². The fraction of sp³-hybridized carbons (Fsp3) is 0.700.